The molecule has 14 heteroatoms. The van der Waals surface area contributed by atoms with Gasteiger partial charge in [-0.2, -0.15) is 12.7 Å². The molecule has 1 N–H and O–H groups in total. The number of likely N-dealkylation sites (N-methyl/N-ethyl adjacent to an activating group) is 1. The zero-order valence-electron chi connectivity index (χ0n) is 27.1. The first-order valence-electron chi connectivity index (χ1n) is 14.9. The van der Waals surface area contributed by atoms with Crippen LogP contribution in [-0.4, -0.2) is 87.3 Å². The summed E-state index contributed by atoms with van der Waals surface area (Å²) in [6, 6.07) is 13.3. The molecule has 12 nitrogen and oxygen atoms in total. The third kappa shape index (κ3) is 9.26. The Morgan fingerprint density at radius 1 is 1.13 bits per heavy atom. The van der Waals surface area contributed by atoms with Gasteiger partial charge < -0.3 is 23.8 Å². The van der Waals surface area contributed by atoms with Crippen LogP contribution in [0.25, 0.3) is 0 Å². The van der Waals surface area contributed by atoms with E-state index < -0.39 is 21.9 Å². The normalized spacial score (nSPS) is 16.2. The molecule has 0 spiro atoms. The van der Waals surface area contributed by atoms with Gasteiger partial charge in [-0.25, -0.2) is 9.71 Å². The van der Waals surface area contributed by atoms with Crippen molar-refractivity contribution in [3.8, 4) is 11.5 Å². The second kappa shape index (κ2) is 15.4. The summed E-state index contributed by atoms with van der Waals surface area (Å²) in [6.45, 7) is 6.40. The molecule has 2 heterocycles. The van der Waals surface area contributed by atoms with Gasteiger partial charge >= 0.3 is 10.2 Å². The highest BCUT2D eigenvalue weighted by molar-refractivity contribution is 7.87. The predicted octanol–water partition coefficient (Wildman–Crippen LogP) is 4.19. The minimum absolute atomic E-state index is 0.0480. The molecule has 0 aliphatic carbocycles. The van der Waals surface area contributed by atoms with Gasteiger partial charge in [-0.05, 0) is 57.7 Å². The van der Waals surface area contributed by atoms with Crippen LogP contribution in [0.4, 0.5) is 0 Å². The number of methoxy groups -OCH3 is 2. The van der Waals surface area contributed by atoms with E-state index in [1.807, 2.05) is 37.3 Å². The molecule has 2 amide bonds. The van der Waals surface area contributed by atoms with E-state index in [9.17, 15) is 18.0 Å². The molecule has 4 rings (SSSR count). The van der Waals surface area contributed by atoms with Crippen LogP contribution in [0.15, 0.2) is 47.8 Å². The Bertz CT molecular complexity index is 1590. The number of aromatic nitrogens is 1. The first-order chi connectivity index (χ1) is 21.8. The van der Waals surface area contributed by atoms with Crippen molar-refractivity contribution in [2.45, 2.75) is 58.5 Å². The van der Waals surface area contributed by atoms with Gasteiger partial charge in [0.2, 0.25) is 0 Å². The summed E-state index contributed by atoms with van der Waals surface area (Å²) in [5, 5.41) is 1.96. The van der Waals surface area contributed by atoms with Gasteiger partial charge in [-0.3, -0.25) is 9.59 Å². The summed E-state index contributed by atoms with van der Waals surface area (Å²) in [4.78, 5) is 32.9. The average Bonchev–Trinajstić information content (AvgIpc) is 3.49. The minimum atomic E-state index is -4.17. The lowest BCUT2D eigenvalue weighted by atomic mass is 10.1. The van der Waals surface area contributed by atoms with Crippen molar-refractivity contribution >= 4 is 33.4 Å². The first kappa shape index (κ1) is 35.3. The fraction of sp³-hybridized carbons (Fsp3) is 0.469. The van der Waals surface area contributed by atoms with E-state index in [0.717, 1.165) is 21.9 Å². The third-order valence-corrected chi connectivity index (χ3v) is 9.81. The van der Waals surface area contributed by atoms with E-state index in [-0.39, 0.29) is 30.8 Å². The molecular formula is C32H42N4O8S2. The maximum absolute atomic E-state index is 13.9. The van der Waals surface area contributed by atoms with Crippen molar-refractivity contribution < 1.29 is 37.0 Å². The number of benzene rings is 2. The summed E-state index contributed by atoms with van der Waals surface area (Å²) in [7, 11) is 0.273. The smallest absolute Gasteiger partial charge is 0.303 e. The SMILES string of the molecule is COc1cc(C(=O)N(CCCc2ccccc2)Cc2nc(C(=O)NS(=O)(=O)N(C)CC3CCOC(C)(C)O3)cs2)cc(OC)c1C. The fourth-order valence-electron chi connectivity index (χ4n) is 5.11. The van der Waals surface area contributed by atoms with Crippen molar-refractivity contribution in [1.82, 2.24) is 18.9 Å². The monoisotopic (exact) mass is 674 g/mol. The Kier molecular flexibility index (Phi) is 11.8. The molecule has 1 aliphatic rings. The second-order valence-electron chi connectivity index (χ2n) is 11.4. The highest BCUT2D eigenvalue weighted by Gasteiger charge is 2.33. The van der Waals surface area contributed by atoms with Crippen LogP contribution >= 0.6 is 11.3 Å². The third-order valence-electron chi connectivity index (χ3n) is 7.57. The summed E-state index contributed by atoms with van der Waals surface area (Å²) in [5.41, 5.74) is 2.26. The predicted molar refractivity (Wildman–Crippen MR) is 174 cm³/mol. The standard InChI is InChI=1S/C32H42N4O8S2/c1-22-27(41-5)17-24(18-28(22)42-6)31(38)36(15-10-13-23-11-8-7-9-12-23)20-29-33-26(21-45-29)30(37)34-46(39,40)35(4)19-25-14-16-43-32(2,3)44-25/h7-9,11-12,17-18,21,25H,10,13-16,19-20H2,1-6H3,(H,34,37). The van der Waals surface area contributed by atoms with Crippen molar-refractivity contribution in [3.63, 3.8) is 0 Å². The second-order valence-corrected chi connectivity index (χ2v) is 14.2. The number of carbonyl (C=O) groups excluding carboxylic acids is 2. The van der Waals surface area contributed by atoms with Crippen molar-refractivity contribution in [2.24, 2.45) is 0 Å². The zero-order valence-corrected chi connectivity index (χ0v) is 28.7. The lowest BCUT2D eigenvalue weighted by Gasteiger charge is -2.37. The topological polar surface area (TPSA) is 137 Å². The largest absolute Gasteiger partial charge is 0.496 e. The molecule has 0 bridgehead atoms. The van der Waals surface area contributed by atoms with Crippen LogP contribution in [0.5, 0.6) is 11.5 Å². The molecule has 2 aromatic carbocycles. The fourth-order valence-corrected chi connectivity index (χ4v) is 6.75. The van der Waals surface area contributed by atoms with Gasteiger partial charge in [0.15, 0.2) is 5.79 Å². The van der Waals surface area contributed by atoms with E-state index in [1.165, 1.54) is 38.0 Å². The molecule has 46 heavy (non-hydrogen) atoms. The zero-order chi connectivity index (χ0) is 33.5. The summed E-state index contributed by atoms with van der Waals surface area (Å²) in [6.07, 6.45) is 1.59. The van der Waals surface area contributed by atoms with Gasteiger partial charge in [0.05, 0.1) is 33.5 Å². The van der Waals surface area contributed by atoms with Gasteiger partial charge in [-0.15, -0.1) is 11.3 Å². The lowest BCUT2D eigenvalue weighted by molar-refractivity contribution is -0.273. The molecule has 3 aromatic rings. The Labute approximate surface area is 274 Å². The number of ether oxygens (including phenoxy) is 4. The number of nitrogens with zero attached hydrogens (tertiary/aromatic N) is 3. The molecule has 1 aromatic heterocycles. The number of rotatable bonds is 14. The Morgan fingerprint density at radius 3 is 2.43 bits per heavy atom. The number of amides is 2. The molecule has 0 saturated carbocycles. The van der Waals surface area contributed by atoms with E-state index in [2.05, 4.69) is 9.71 Å². The first-order valence-corrected chi connectivity index (χ1v) is 17.2. The van der Waals surface area contributed by atoms with Gasteiger partial charge in [0.25, 0.3) is 11.8 Å². The van der Waals surface area contributed by atoms with E-state index in [0.29, 0.717) is 48.1 Å². The number of thiazole rings is 1. The van der Waals surface area contributed by atoms with Crippen LogP contribution in [-0.2, 0) is 32.6 Å². The molecule has 250 valence electrons. The summed E-state index contributed by atoms with van der Waals surface area (Å²) >= 11 is 1.17. The van der Waals surface area contributed by atoms with Crippen LogP contribution in [0.3, 0.4) is 0 Å². The molecule has 0 radical (unpaired) electrons. The Morgan fingerprint density at radius 2 is 1.80 bits per heavy atom. The molecule has 1 saturated heterocycles. The van der Waals surface area contributed by atoms with Crippen LogP contribution in [0.2, 0.25) is 0 Å². The minimum Gasteiger partial charge on any atom is -0.496 e. The number of aryl methyl sites for hydroxylation is 1. The Hall–Kier alpha value is -3.56. The number of hydrogen-bond acceptors (Lipinski definition) is 10. The molecule has 1 atom stereocenters. The van der Waals surface area contributed by atoms with Crippen LogP contribution in [0, 0.1) is 6.92 Å². The van der Waals surface area contributed by atoms with Crippen LogP contribution in [0.1, 0.15) is 63.7 Å². The van der Waals surface area contributed by atoms with E-state index in [4.69, 9.17) is 18.9 Å². The molecular weight excluding hydrogens is 633 g/mol. The summed E-state index contributed by atoms with van der Waals surface area (Å²) < 4.78 is 51.3. The molecule has 1 unspecified atom stereocenters. The van der Waals surface area contributed by atoms with Crippen molar-refractivity contribution in [1.29, 1.82) is 0 Å². The van der Waals surface area contributed by atoms with Gasteiger partial charge in [-0.1, -0.05) is 30.3 Å². The number of hydrogen-bond donors (Lipinski definition) is 1. The molecule has 1 aliphatic heterocycles. The Balaban J connectivity index is 1.47. The molecule has 1 fully saturated rings. The quantitative estimate of drug-likeness (QED) is 0.267. The summed E-state index contributed by atoms with van der Waals surface area (Å²) in [5.74, 6) is -0.884. The van der Waals surface area contributed by atoms with Gasteiger partial charge in [0.1, 0.15) is 22.2 Å². The van der Waals surface area contributed by atoms with Crippen LogP contribution < -0.4 is 14.2 Å². The highest BCUT2D eigenvalue weighted by atomic mass is 32.2. The van der Waals surface area contributed by atoms with Crippen molar-refractivity contribution in [3.05, 3.63) is 75.2 Å². The van der Waals surface area contributed by atoms with Crippen molar-refractivity contribution in [2.75, 3.05) is 41.0 Å². The van der Waals surface area contributed by atoms with E-state index in [1.54, 1.807) is 30.9 Å². The number of carbonyl (C=O) groups is 2. The number of nitrogens with one attached hydrogen (secondary N) is 1. The lowest BCUT2D eigenvalue weighted by Crippen LogP contribution is -2.48. The highest BCUT2D eigenvalue weighted by Crippen LogP contribution is 2.30. The maximum Gasteiger partial charge on any atom is 0.303 e. The van der Waals surface area contributed by atoms with Gasteiger partial charge in [0, 0.05) is 36.6 Å². The maximum atomic E-state index is 13.9. The average molecular weight is 675 g/mol. The van der Waals surface area contributed by atoms with E-state index >= 15 is 0 Å².